The van der Waals surface area contributed by atoms with Crippen LogP contribution < -0.4 is 4.74 Å². The van der Waals surface area contributed by atoms with Crippen LogP contribution in [0, 0.1) is 24.4 Å². The van der Waals surface area contributed by atoms with Crippen LogP contribution in [-0.2, 0) is 4.74 Å². The summed E-state index contributed by atoms with van der Waals surface area (Å²) in [4.78, 5) is 12.4. The minimum atomic E-state index is -0.846. The number of aryl methyl sites for hydroxylation is 1. The van der Waals surface area contributed by atoms with E-state index in [1.807, 2.05) is 19.1 Å². The first kappa shape index (κ1) is 23.9. The largest absolute Gasteiger partial charge is 0.494 e. The highest BCUT2D eigenvalue weighted by atomic mass is 19.2. The molecule has 0 N–H and O–H groups in total. The molecule has 1 saturated carbocycles. The summed E-state index contributed by atoms with van der Waals surface area (Å²) in [6, 6.07) is 14.6. The number of benzene rings is 3. The van der Waals surface area contributed by atoms with Gasteiger partial charge in [-0.1, -0.05) is 42.0 Å². The van der Waals surface area contributed by atoms with Gasteiger partial charge in [0.05, 0.1) is 12.2 Å². The SMILES string of the molecule is CCOc1ccc(C(=O)OC2CCC(c3ccc(-c4ccc(C)cc4)c(F)c3F)CC2)c(F)c1. The maximum absolute atomic E-state index is 15.0. The lowest BCUT2D eigenvalue weighted by atomic mass is 9.82. The van der Waals surface area contributed by atoms with Crippen LogP contribution in [0.1, 0.15) is 60.0 Å². The van der Waals surface area contributed by atoms with Gasteiger partial charge in [-0.05, 0) is 68.7 Å². The topological polar surface area (TPSA) is 35.5 Å². The van der Waals surface area contributed by atoms with Gasteiger partial charge in [-0.3, -0.25) is 0 Å². The second-order valence-electron chi connectivity index (χ2n) is 8.65. The minimum Gasteiger partial charge on any atom is -0.494 e. The van der Waals surface area contributed by atoms with Crippen LogP contribution in [0.5, 0.6) is 5.75 Å². The Morgan fingerprint density at radius 3 is 2.26 bits per heavy atom. The first-order chi connectivity index (χ1) is 16.4. The maximum Gasteiger partial charge on any atom is 0.341 e. The van der Waals surface area contributed by atoms with Crippen molar-refractivity contribution in [3.05, 3.63) is 88.7 Å². The molecule has 0 aromatic heterocycles. The van der Waals surface area contributed by atoms with E-state index in [0.29, 0.717) is 49.2 Å². The van der Waals surface area contributed by atoms with Gasteiger partial charge in [0.15, 0.2) is 11.6 Å². The molecule has 3 aromatic carbocycles. The van der Waals surface area contributed by atoms with E-state index in [2.05, 4.69) is 0 Å². The molecule has 0 aliphatic heterocycles. The van der Waals surface area contributed by atoms with Crippen LogP contribution in [0.3, 0.4) is 0 Å². The first-order valence-electron chi connectivity index (χ1n) is 11.6. The van der Waals surface area contributed by atoms with E-state index in [1.54, 1.807) is 31.2 Å². The summed E-state index contributed by atoms with van der Waals surface area (Å²) >= 11 is 0. The van der Waals surface area contributed by atoms with Crippen molar-refractivity contribution in [1.82, 2.24) is 0 Å². The van der Waals surface area contributed by atoms with E-state index < -0.39 is 29.5 Å². The van der Waals surface area contributed by atoms with Crippen LogP contribution in [0.4, 0.5) is 13.2 Å². The fourth-order valence-corrected chi connectivity index (χ4v) is 4.46. The summed E-state index contributed by atoms with van der Waals surface area (Å²) < 4.78 is 54.8. The van der Waals surface area contributed by atoms with Crippen molar-refractivity contribution < 1.29 is 27.4 Å². The van der Waals surface area contributed by atoms with E-state index in [-0.39, 0.29) is 17.0 Å². The Hall–Kier alpha value is -3.28. The molecular weight excluding hydrogens is 441 g/mol. The number of hydrogen-bond acceptors (Lipinski definition) is 3. The summed E-state index contributed by atoms with van der Waals surface area (Å²) in [6.07, 6.45) is 1.69. The Morgan fingerprint density at radius 2 is 1.62 bits per heavy atom. The second kappa shape index (κ2) is 10.3. The molecule has 0 amide bonds. The van der Waals surface area contributed by atoms with Gasteiger partial charge in [0.1, 0.15) is 17.7 Å². The second-order valence-corrected chi connectivity index (χ2v) is 8.65. The molecule has 3 aromatic rings. The predicted octanol–water partition coefficient (Wildman–Crippen LogP) is 7.36. The molecule has 1 aliphatic rings. The third kappa shape index (κ3) is 5.11. The van der Waals surface area contributed by atoms with Gasteiger partial charge in [0, 0.05) is 11.6 Å². The Labute approximate surface area is 197 Å². The molecule has 0 bridgehead atoms. The average molecular weight is 469 g/mol. The number of carbonyl (C=O) groups is 1. The van der Waals surface area contributed by atoms with Crippen molar-refractivity contribution in [2.45, 2.75) is 51.6 Å². The monoisotopic (exact) mass is 468 g/mol. The number of carbonyl (C=O) groups excluding carboxylic acids is 1. The van der Waals surface area contributed by atoms with Crippen molar-refractivity contribution in [2.75, 3.05) is 6.61 Å². The van der Waals surface area contributed by atoms with Gasteiger partial charge < -0.3 is 9.47 Å². The molecule has 178 valence electrons. The van der Waals surface area contributed by atoms with Crippen LogP contribution in [0.2, 0.25) is 0 Å². The highest BCUT2D eigenvalue weighted by Crippen LogP contribution is 2.38. The molecule has 0 heterocycles. The smallest absolute Gasteiger partial charge is 0.341 e. The number of hydrogen-bond donors (Lipinski definition) is 0. The molecule has 3 nitrogen and oxygen atoms in total. The average Bonchev–Trinajstić information content (AvgIpc) is 2.82. The van der Waals surface area contributed by atoms with Gasteiger partial charge in [0.2, 0.25) is 0 Å². The van der Waals surface area contributed by atoms with Crippen molar-refractivity contribution >= 4 is 5.97 Å². The summed E-state index contributed by atoms with van der Waals surface area (Å²) in [7, 11) is 0. The van der Waals surface area contributed by atoms with E-state index >= 15 is 0 Å². The third-order valence-corrected chi connectivity index (χ3v) is 6.33. The zero-order valence-electron chi connectivity index (χ0n) is 19.2. The Bertz CT molecular complexity index is 1170. The van der Waals surface area contributed by atoms with Crippen LogP contribution in [-0.4, -0.2) is 18.7 Å². The third-order valence-electron chi connectivity index (χ3n) is 6.33. The summed E-state index contributed by atoms with van der Waals surface area (Å²) in [6.45, 7) is 4.12. The van der Waals surface area contributed by atoms with Gasteiger partial charge in [0.25, 0.3) is 0 Å². The lowest BCUT2D eigenvalue weighted by Crippen LogP contribution is -2.24. The molecule has 1 fully saturated rings. The lowest BCUT2D eigenvalue weighted by Gasteiger charge is -2.29. The Balaban J connectivity index is 1.39. The fraction of sp³-hybridized carbons (Fsp3) is 0.321. The molecule has 0 saturated heterocycles. The van der Waals surface area contributed by atoms with Crippen LogP contribution >= 0.6 is 0 Å². The number of rotatable bonds is 6. The van der Waals surface area contributed by atoms with E-state index in [9.17, 15) is 18.0 Å². The molecule has 34 heavy (non-hydrogen) atoms. The van der Waals surface area contributed by atoms with Crippen LogP contribution in [0.25, 0.3) is 11.1 Å². The van der Waals surface area contributed by atoms with Gasteiger partial charge in [-0.2, -0.15) is 0 Å². The molecule has 0 spiro atoms. The molecule has 0 unspecified atom stereocenters. The van der Waals surface area contributed by atoms with Gasteiger partial charge >= 0.3 is 5.97 Å². The standard InChI is InChI=1S/C28H27F3O3/c1-3-33-21-12-13-24(25(29)16-21)28(32)34-20-10-8-19(9-11-20)23-15-14-22(26(30)27(23)31)18-6-4-17(2)5-7-18/h4-7,12-16,19-20H,3,8-11H2,1-2H3. The van der Waals surface area contributed by atoms with E-state index in [1.165, 1.54) is 12.1 Å². The predicted molar refractivity (Wildman–Crippen MR) is 125 cm³/mol. The number of ether oxygens (including phenoxy) is 2. The first-order valence-corrected chi connectivity index (χ1v) is 11.6. The van der Waals surface area contributed by atoms with Crippen molar-refractivity contribution in [3.8, 4) is 16.9 Å². The van der Waals surface area contributed by atoms with E-state index in [0.717, 1.165) is 11.6 Å². The fourth-order valence-electron chi connectivity index (χ4n) is 4.46. The molecule has 4 rings (SSSR count). The van der Waals surface area contributed by atoms with Crippen LogP contribution in [0.15, 0.2) is 54.6 Å². The summed E-state index contributed by atoms with van der Waals surface area (Å²) in [5.74, 6) is -2.92. The normalized spacial score (nSPS) is 17.9. The Morgan fingerprint density at radius 1 is 0.912 bits per heavy atom. The van der Waals surface area contributed by atoms with Gasteiger partial charge in [-0.15, -0.1) is 0 Å². The van der Waals surface area contributed by atoms with Crippen molar-refractivity contribution in [1.29, 1.82) is 0 Å². The Kier molecular flexibility index (Phi) is 7.25. The molecule has 0 radical (unpaired) electrons. The zero-order valence-corrected chi connectivity index (χ0v) is 19.2. The zero-order chi connectivity index (χ0) is 24.2. The molecular formula is C28H27F3O3. The number of esters is 1. The lowest BCUT2D eigenvalue weighted by molar-refractivity contribution is 0.0189. The molecule has 0 atom stereocenters. The van der Waals surface area contributed by atoms with E-state index in [4.69, 9.17) is 9.47 Å². The van der Waals surface area contributed by atoms with Crippen molar-refractivity contribution in [2.24, 2.45) is 0 Å². The maximum atomic E-state index is 15.0. The van der Waals surface area contributed by atoms with Crippen molar-refractivity contribution in [3.63, 3.8) is 0 Å². The minimum absolute atomic E-state index is 0.148. The number of halogens is 3. The van der Waals surface area contributed by atoms with Gasteiger partial charge in [-0.25, -0.2) is 18.0 Å². The molecule has 6 heteroatoms. The highest BCUT2D eigenvalue weighted by molar-refractivity contribution is 5.90. The summed E-state index contributed by atoms with van der Waals surface area (Å²) in [5, 5.41) is 0. The summed E-state index contributed by atoms with van der Waals surface area (Å²) in [5.41, 5.74) is 2.11. The highest BCUT2D eigenvalue weighted by Gasteiger charge is 2.29. The molecule has 1 aliphatic carbocycles. The quantitative estimate of drug-likeness (QED) is 0.355.